The molecule has 0 atom stereocenters. The molecule has 1 saturated carbocycles. The van der Waals surface area contributed by atoms with Crippen LogP contribution in [0.5, 0.6) is 0 Å². The fraction of sp³-hybridized carbons (Fsp3) is 0.600. The van der Waals surface area contributed by atoms with E-state index in [1.807, 2.05) is 6.07 Å². The zero-order valence-corrected chi connectivity index (χ0v) is 11.7. The smallest absolute Gasteiger partial charge is 0.295 e. The van der Waals surface area contributed by atoms with E-state index in [1.165, 1.54) is 25.7 Å². The maximum absolute atomic E-state index is 11.1. The molecule has 0 unspecified atom stereocenters. The summed E-state index contributed by atoms with van der Waals surface area (Å²) < 4.78 is 0. The lowest BCUT2D eigenvalue weighted by Crippen LogP contribution is -2.20. The minimum Gasteiger partial charge on any atom is -0.379 e. The Labute approximate surface area is 114 Å². The van der Waals surface area contributed by atoms with Gasteiger partial charge in [0.05, 0.1) is 4.92 Å². The normalized spacial score (nSPS) is 23.1. The van der Waals surface area contributed by atoms with E-state index in [0.29, 0.717) is 17.2 Å². The molecule has 0 heterocycles. The molecular weight excluding hydrogens is 240 g/mol. The lowest BCUT2D eigenvalue weighted by atomic mass is 9.83. The number of aryl methyl sites for hydroxylation is 1. The first-order chi connectivity index (χ1) is 9.08. The number of hydrogen-bond donors (Lipinski definition) is 1. The molecular formula is C15H22N2O2. The van der Waals surface area contributed by atoms with E-state index in [4.69, 9.17) is 0 Å². The van der Waals surface area contributed by atoms with Crippen LogP contribution >= 0.6 is 0 Å². The number of rotatable bonds is 4. The predicted molar refractivity (Wildman–Crippen MR) is 77.4 cm³/mol. The van der Waals surface area contributed by atoms with E-state index in [2.05, 4.69) is 12.2 Å². The highest BCUT2D eigenvalue weighted by molar-refractivity contribution is 5.64. The zero-order valence-electron chi connectivity index (χ0n) is 11.7. The highest BCUT2D eigenvalue weighted by Crippen LogP contribution is 2.31. The third-order valence-corrected chi connectivity index (χ3v) is 4.14. The molecule has 1 aromatic rings. The number of nitrogens with zero attached hydrogens (tertiary/aromatic N) is 1. The molecule has 0 radical (unpaired) electrons. The molecule has 19 heavy (non-hydrogen) atoms. The van der Waals surface area contributed by atoms with Gasteiger partial charge in [-0.25, -0.2) is 0 Å². The summed E-state index contributed by atoms with van der Waals surface area (Å²) in [5.41, 5.74) is 1.59. The zero-order chi connectivity index (χ0) is 13.8. The Morgan fingerprint density at radius 2 is 2.00 bits per heavy atom. The van der Waals surface area contributed by atoms with E-state index in [-0.39, 0.29) is 10.6 Å². The average molecular weight is 262 g/mol. The summed E-state index contributed by atoms with van der Waals surface area (Å²) in [5, 5.41) is 14.4. The number of nitrogens with one attached hydrogen (secondary N) is 1. The molecule has 1 N–H and O–H groups in total. The molecule has 0 aliphatic heterocycles. The molecule has 104 valence electrons. The molecule has 0 amide bonds. The first-order valence-corrected chi connectivity index (χ1v) is 7.05. The van der Waals surface area contributed by atoms with Gasteiger partial charge in [-0.2, -0.15) is 0 Å². The predicted octanol–water partition coefficient (Wildman–Crippen LogP) is 4.14. The van der Waals surface area contributed by atoms with E-state index >= 15 is 0 Å². The largest absolute Gasteiger partial charge is 0.379 e. The Bertz CT molecular complexity index is 451. The van der Waals surface area contributed by atoms with Crippen molar-refractivity contribution in [3.63, 3.8) is 0 Å². The van der Waals surface area contributed by atoms with Gasteiger partial charge in [0.15, 0.2) is 0 Å². The van der Waals surface area contributed by atoms with Crippen molar-refractivity contribution in [2.45, 2.75) is 39.5 Å². The Morgan fingerprint density at radius 3 is 2.63 bits per heavy atom. The van der Waals surface area contributed by atoms with Crippen molar-refractivity contribution in [3.8, 4) is 0 Å². The third kappa shape index (κ3) is 3.46. The van der Waals surface area contributed by atoms with Crippen LogP contribution in [0.25, 0.3) is 0 Å². The molecule has 1 aromatic carbocycles. The van der Waals surface area contributed by atoms with Gasteiger partial charge in [0.1, 0.15) is 5.69 Å². The van der Waals surface area contributed by atoms with Crippen LogP contribution in [0.2, 0.25) is 0 Å². The van der Waals surface area contributed by atoms with Gasteiger partial charge >= 0.3 is 0 Å². The molecule has 1 fully saturated rings. The monoisotopic (exact) mass is 262 g/mol. The van der Waals surface area contributed by atoms with Gasteiger partial charge < -0.3 is 5.32 Å². The van der Waals surface area contributed by atoms with Crippen molar-refractivity contribution in [1.82, 2.24) is 0 Å². The van der Waals surface area contributed by atoms with E-state index in [0.717, 1.165) is 12.5 Å². The highest BCUT2D eigenvalue weighted by Gasteiger charge is 2.20. The van der Waals surface area contributed by atoms with Gasteiger partial charge in [0.2, 0.25) is 0 Å². The van der Waals surface area contributed by atoms with Crippen molar-refractivity contribution in [2.24, 2.45) is 11.8 Å². The number of nitro groups is 1. The molecule has 2 rings (SSSR count). The molecule has 0 bridgehead atoms. The fourth-order valence-electron chi connectivity index (χ4n) is 2.83. The molecule has 0 saturated heterocycles. The lowest BCUT2D eigenvalue weighted by molar-refractivity contribution is -0.384. The Hall–Kier alpha value is -1.58. The number of para-hydroxylation sites is 1. The van der Waals surface area contributed by atoms with Crippen LogP contribution in [0, 0.1) is 28.9 Å². The van der Waals surface area contributed by atoms with Crippen molar-refractivity contribution in [1.29, 1.82) is 0 Å². The van der Waals surface area contributed by atoms with Gasteiger partial charge in [-0.05, 0) is 37.7 Å². The number of benzene rings is 1. The fourth-order valence-corrected chi connectivity index (χ4v) is 2.83. The van der Waals surface area contributed by atoms with E-state index in [1.54, 1.807) is 19.1 Å². The summed E-state index contributed by atoms with van der Waals surface area (Å²) in [6.07, 6.45) is 5.02. The molecule has 4 nitrogen and oxygen atoms in total. The second kappa shape index (κ2) is 6.04. The van der Waals surface area contributed by atoms with Crippen LogP contribution in [-0.2, 0) is 0 Å². The minimum atomic E-state index is -0.291. The van der Waals surface area contributed by atoms with Gasteiger partial charge in [-0.1, -0.05) is 31.9 Å². The van der Waals surface area contributed by atoms with Crippen molar-refractivity contribution in [3.05, 3.63) is 33.9 Å². The number of hydrogen-bond acceptors (Lipinski definition) is 3. The highest BCUT2D eigenvalue weighted by atomic mass is 16.6. The standard InChI is InChI=1S/C15H22N2O2/c1-11-6-8-13(9-7-11)10-16-14-5-3-4-12(2)15(14)17(18)19/h3-5,11,13,16H,6-10H2,1-2H3. The quantitative estimate of drug-likeness (QED) is 0.655. The van der Waals surface area contributed by atoms with Crippen LogP contribution < -0.4 is 5.32 Å². The lowest BCUT2D eigenvalue weighted by Gasteiger charge is -2.26. The Morgan fingerprint density at radius 1 is 1.32 bits per heavy atom. The van der Waals surface area contributed by atoms with Gasteiger partial charge in [-0.15, -0.1) is 0 Å². The van der Waals surface area contributed by atoms with E-state index < -0.39 is 0 Å². The van der Waals surface area contributed by atoms with Gasteiger partial charge in [0.25, 0.3) is 5.69 Å². The minimum absolute atomic E-state index is 0.215. The van der Waals surface area contributed by atoms with Crippen molar-refractivity contribution >= 4 is 11.4 Å². The third-order valence-electron chi connectivity index (χ3n) is 4.14. The first kappa shape index (κ1) is 13.8. The SMILES string of the molecule is Cc1cccc(NCC2CCC(C)CC2)c1[N+](=O)[O-]. The summed E-state index contributed by atoms with van der Waals surface area (Å²) in [7, 11) is 0. The van der Waals surface area contributed by atoms with E-state index in [9.17, 15) is 10.1 Å². The van der Waals surface area contributed by atoms with Crippen LogP contribution in [0.1, 0.15) is 38.2 Å². The van der Waals surface area contributed by atoms with Crippen LogP contribution in [0.15, 0.2) is 18.2 Å². The Balaban J connectivity index is 2.00. The summed E-state index contributed by atoms with van der Waals surface area (Å²) in [4.78, 5) is 10.8. The first-order valence-electron chi connectivity index (χ1n) is 7.05. The number of anilines is 1. The number of nitro benzene ring substituents is 1. The average Bonchev–Trinajstić information content (AvgIpc) is 2.37. The van der Waals surface area contributed by atoms with Crippen LogP contribution in [-0.4, -0.2) is 11.5 Å². The maximum atomic E-state index is 11.1. The second-order valence-electron chi connectivity index (χ2n) is 5.73. The second-order valence-corrected chi connectivity index (χ2v) is 5.73. The van der Waals surface area contributed by atoms with Crippen molar-refractivity contribution < 1.29 is 4.92 Å². The van der Waals surface area contributed by atoms with Gasteiger partial charge in [-0.3, -0.25) is 10.1 Å². The molecule has 0 aromatic heterocycles. The van der Waals surface area contributed by atoms with Crippen molar-refractivity contribution in [2.75, 3.05) is 11.9 Å². The topological polar surface area (TPSA) is 55.2 Å². The summed E-state index contributed by atoms with van der Waals surface area (Å²) in [6, 6.07) is 5.45. The maximum Gasteiger partial charge on any atom is 0.295 e. The Kier molecular flexibility index (Phi) is 4.40. The molecule has 4 heteroatoms. The summed E-state index contributed by atoms with van der Waals surface area (Å²) in [6.45, 7) is 4.93. The molecule has 1 aliphatic carbocycles. The molecule has 0 spiro atoms. The summed E-state index contributed by atoms with van der Waals surface area (Å²) in [5.74, 6) is 1.49. The van der Waals surface area contributed by atoms with Crippen LogP contribution in [0.4, 0.5) is 11.4 Å². The summed E-state index contributed by atoms with van der Waals surface area (Å²) >= 11 is 0. The molecule has 1 aliphatic rings. The van der Waals surface area contributed by atoms with Crippen LogP contribution in [0.3, 0.4) is 0 Å². The van der Waals surface area contributed by atoms with Gasteiger partial charge in [0, 0.05) is 12.1 Å².